The standard InChI is InChI=1S/C17H24O2/c1-14(2)18-13-17(15-9-5-3-6-10-15)19-16-11-7-4-8-12-16/h4,7-8,11-12,15,17H,1,3,5-6,9-10,13H2,2H3. The van der Waals surface area contributed by atoms with Crippen molar-refractivity contribution in [2.24, 2.45) is 5.92 Å². The van der Waals surface area contributed by atoms with E-state index in [9.17, 15) is 0 Å². The van der Waals surface area contributed by atoms with Gasteiger partial charge in [-0.25, -0.2) is 0 Å². The number of benzene rings is 1. The number of hydrogen-bond donors (Lipinski definition) is 0. The Morgan fingerprint density at radius 2 is 1.89 bits per heavy atom. The zero-order valence-electron chi connectivity index (χ0n) is 11.8. The maximum Gasteiger partial charge on any atom is 0.135 e. The highest BCUT2D eigenvalue weighted by Crippen LogP contribution is 2.29. The Morgan fingerprint density at radius 1 is 1.21 bits per heavy atom. The van der Waals surface area contributed by atoms with Gasteiger partial charge in [0.1, 0.15) is 18.5 Å². The lowest BCUT2D eigenvalue weighted by molar-refractivity contribution is 0.0363. The minimum absolute atomic E-state index is 0.138. The van der Waals surface area contributed by atoms with Crippen LogP contribution in [0.15, 0.2) is 42.7 Å². The van der Waals surface area contributed by atoms with Gasteiger partial charge in [-0.3, -0.25) is 0 Å². The molecule has 0 heterocycles. The van der Waals surface area contributed by atoms with Crippen LogP contribution >= 0.6 is 0 Å². The molecule has 1 aliphatic rings. The van der Waals surface area contributed by atoms with Crippen LogP contribution in [-0.4, -0.2) is 12.7 Å². The summed E-state index contributed by atoms with van der Waals surface area (Å²) in [4.78, 5) is 0. The summed E-state index contributed by atoms with van der Waals surface area (Å²) in [7, 11) is 0. The van der Waals surface area contributed by atoms with Gasteiger partial charge in [-0.2, -0.15) is 0 Å². The molecule has 2 heteroatoms. The molecule has 2 nitrogen and oxygen atoms in total. The number of allylic oxidation sites excluding steroid dienone is 1. The molecule has 0 aliphatic heterocycles. The van der Waals surface area contributed by atoms with Crippen LogP contribution in [0.4, 0.5) is 0 Å². The number of rotatable bonds is 6. The molecule has 0 saturated heterocycles. The first-order valence-corrected chi connectivity index (χ1v) is 7.25. The van der Waals surface area contributed by atoms with Crippen molar-refractivity contribution in [2.75, 3.05) is 6.61 Å². The van der Waals surface area contributed by atoms with Crippen molar-refractivity contribution >= 4 is 0 Å². The van der Waals surface area contributed by atoms with E-state index in [0.29, 0.717) is 12.5 Å². The summed E-state index contributed by atoms with van der Waals surface area (Å²) in [6, 6.07) is 10.0. The van der Waals surface area contributed by atoms with E-state index in [1.165, 1.54) is 32.1 Å². The van der Waals surface area contributed by atoms with Crippen molar-refractivity contribution in [2.45, 2.75) is 45.1 Å². The number of ether oxygens (including phenoxy) is 2. The van der Waals surface area contributed by atoms with Crippen molar-refractivity contribution in [1.82, 2.24) is 0 Å². The van der Waals surface area contributed by atoms with E-state index in [0.717, 1.165) is 11.5 Å². The van der Waals surface area contributed by atoms with Crippen LogP contribution in [0, 0.1) is 5.92 Å². The third-order valence-corrected chi connectivity index (χ3v) is 3.70. The van der Waals surface area contributed by atoms with Crippen LogP contribution in [0.2, 0.25) is 0 Å². The Bertz CT molecular complexity index is 380. The van der Waals surface area contributed by atoms with Crippen LogP contribution < -0.4 is 4.74 Å². The van der Waals surface area contributed by atoms with Crippen LogP contribution in [0.5, 0.6) is 5.75 Å². The fraction of sp³-hybridized carbons (Fsp3) is 0.529. The van der Waals surface area contributed by atoms with Crippen LogP contribution in [-0.2, 0) is 4.74 Å². The zero-order valence-corrected chi connectivity index (χ0v) is 11.8. The second-order valence-electron chi connectivity index (χ2n) is 5.38. The topological polar surface area (TPSA) is 18.5 Å². The van der Waals surface area contributed by atoms with Gasteiger partial charge in [0.15, 0.2) is 0 Å². The van der Waals surface area contributed by atoms with Crippen molar-refractivity contribution in [3.63, 3.8) is 0 Å². The molecule has 1 aromatic rings. The fourth-order valence-electron chi connectivity index (χ4n) is 2.67. The average Bonchev–Trinajstić information content (AvgIpc) is 2.45. The quantitative estimate of drug-likeness (QED) is 0.698. The summed E-state index contributed by atoms with van der Waals surface area (Å²) in [5.41, 5.74) is 0. The minimum Gasteiger partial charge on any atom is -0.495 e. The molecule has 0 bridgehead atoms. The molecule has 1 aliphatic carbocycles. The molecule has 0 radical (unpaired) electrons. The highest BCUT2D eigenvalue weighted by atomic mass is 16.5. The van der Waals surface area contributed by atoms with Gasteiger partial charge in [-0.05, 0) is 37.8 Å². The Kier molecular flexibility index (Phi) is 5.31. The second-order valence-corrected chi connectivity index (χ2v) is 5.38. The monoisotopic (exact) mass is 260 g/mol. The predicted octanol–water partition coefficient (Wildman–Crippen LogP) is 4.56. The van der Waals surface area contributed by atoms with Crippen LogP contribution in [0.3, 0.4) is 0 Å². The van der Waals surface area contributed by atoms with Gasteiger partial charge in [0, 0.05) is 0 Å². The lowest BCUT2D eigenvalue weighted by Crippen LogP contribution is -2.33. The van der Waals surface area contributed by atoms with Crippen molar-refractivity contribution < 1.29 is 9.47 Å². The van der Waals surface area contributed by atoms with E-state index in [1.54, 1.807) is 0 Å². The van der Waals surface area contributed by atoms with E-state index >= 15 is 0 Å². The SMILES string of the molecule is C=C(C)OCC(Oc1ccccc1)C1CCCCC1. The molecule has 1 fully saturated rings. The average molecular weight is 260 g/mol. The van der Waals surface area contributed by atoms with Crippen LogP contribution in [0.1, 0.15) is 39.0 Å². The summed E-state index contributed by atoms with van der Waals surface area (Å²) < 4.78 is 11.7. The molecular formula is C17H24O2. The first kappa shape index (κ1) is 14.0. The molecule has 1 aromatic carbocycles. The molecule has 19 heavy (non-hydrogen) atoms. The molecule has 0 N–H and O–H groups in total. The molecule has 104 valence electrons. The van der Waals surface area contributed by atoms with Gasteiger partial charge in [-0.1, -0.05) is 44.0 Å². The predicted molar refractivity (Wildman–Crippen MR) is 78.2 cm³/mol. The summed E-state index contributed by atoms with van der Waals surface area (Å²) in [5.74, 6) is 2.30. The Balaban J connectivity index is 1.98. The first-order valence-electron chi connectivity index (χ1n) is 7.25. The van der Waals surface area contributed by atoms with E-state index in [4.69, 9.17) is 9.47 Å². The van der Waals surface area contributed by atoms with Crippen molar-refractivity contribution in [3.05, 3.63) is 42.7 Å². The van der Waals surface area contributed by atoms with Crippen LogP contribution in [0.25, 0.3) is 0 Å². The Hall–Kier alpha value is -1.44. The lowest BCUT2D eigenvalue weighted by atomic mass is 9.85. The van der Waals surface area contributed by atoms with E-state index in [2.05, 4.69) is 6.58 Å². The number of hydrogen-bond acceptors (Lipinski definition) is 2. The van der Waals surface area contributed by atoms with Gasteiger partial charge in [-0.15, -0.1) is 0 Å². The summed E-state index contributed by atoms with van der Waals surface area (Å²) >= 11 is 0. The summed E-state index contributed by atoms with van der Waals surface area (Å²) in [6.07, 6.45) is 6.61. The molecule has 0 aromatic heterocycles. The summed E-state index contributed by atoms with van der Waals surface area (Å²) in [5, 5.41) is 0. The molecule has 1 unspecified atom stereocenters. The maximum atomic E-state index is 6.14. The first-order chi connectivity index (χ1) is 9.25. The molecule has 0 amide bonds. The number of para-hydroxylation sites is 1. The minimum atomic E-state index is 0.138. The smallest absolute Gasteiger partial charge is 0.135 e. The second kappa shape index (κ2) is 7.22. The molecule has 1 atom stereocenters. The summed E-state index contributed by atoms with van der Waals surface area (Å²) in [6.45, 7) is 6.30. The highest BCUT2D eigenvalue weighted by Gasteiger charge is 2.26. The molecule has 2 rings (SSSR count). The van der Waals surface area contributed by atoms with Gasteiger partial charge in [0.05, 0.1) is 5.76 Å². The van der Waals surface area contributed by atoms with E-state index in [1.807, 2.05) is 37.3 Å². The van der Waals surface area contributed by atoms with E-state index in [-0.39, 0.29) is 6.10 Å². The highest BCUT2D eigenvalue weighted by molar-refractivity contribution is 5.21. The normalized spacial score (nSPS) is 17.7. The zero-order chi connectivity index (χ0) is 13.5. The van der Waals surface area contributed by atoms with Crippen molar-refractivity contribution in [1.29, 1.82) is 0 Å². The van der Waals surface area contributed by atoms with Crippen molar-refractivity contribution in [3.8, 4) is 5.75 Å². The van der Waals surface area contributed by atoms with Gasteiger partial charge in [0.25, 0.3) is 0 Å². The molecule has 1 saturated carbocycles. The van der Waals surface area contributed by atoms with Gasteiger partial charge in [0.2, 0.25) is 0 Å². The maximum absolute atomic E-state index is 6.14. The van der Waals surface area contributed by atoms with E-state index < -0.39 is 0 Å². The van der Waals surface area contributed by atoms with Gasteiger partial charge >= 0.3 is 0 Å². The lowest BCUT2D eigenvalue weighted by Gasteiger charge is -2.30. The Morgan fingerprint density at radius 3 is 2.53 bits per heavy atom. The molecular weight excluding hydrogens is 236 g/mol. The third-order valence-electron chi connectivity index (χ3n) is 3.70. The fourth-order valence-corrected chi connectivity index (χ4v) is 2.67. The van der Waals surface area contributed by atoms with Gasteiger partial charge < -0.3 is 9.47 Å². The molecule has 0 spiro atoms. The largest absolute Gasteiger partial charge is 0.495 e. The third kappa shape index (κ3) is 4.62. The Labute approximate surface area is 116 Å².